The van der Waals surface area contributed by atoms with Crippen LogP contribution in [0.15, 0.2) is 34.9 Å². The van der Waals surface area contributed by atoms with Crippen molar-refractivity contribution in [3.05, 3.63) is 36.4 Å². The third-order valence-corrected chi connectivity index (χ3v) is 4.85. The van der Waals surface area contributed by atoms with Gasteiger partial charge >= 0.3 is 6.01 Å². The molecule has 7 heteroatoms. The zero-order valence-corrected chi connectivity index (χ0v) is 14.5. The molecular weight excluding hydrogens is 318 g/mol. The monoisotopic (exact) mass is 341 g/mol. The minimum Gasteiger partial charge on any atom is -0.406 e. The van der Waals surface area contributed by atoms with E-state index in [2.05, 4.69) is 20.2 Å². The molecule has 0 radical (unpaired) electrons. The fraction of sp³-hybridized carbons (Fsp3) is 0.500. The van der Waals surface area contributed by atoms with E-state index < -0.39 is 0 Å². The van der Waals surface area contributed by atoms with Crippen LogP contribution in [0.1, 0.15) is 31.1 Å². The second-order valence-corrected chi connectivity index (χ2v) is 6.50. The molecule has 0 saturated carbocycles. The van der Waals surface area contributed by atoms with Crippen LogP contribution in [0, 0.1) is 0 Å². The first kappa shape index (κ1) is 16.2. The molecule has 1 aromatic carbocycles. The quantitative estimate of drug-likeness (QED) is 0.642. The first-order valence-corrected chi connectivity index (χ1v) is 8.83. The molecule has 0 spiro atoms. The van der Waals surface area contributed by atoms with Crippen LogP contribution in [0.2, 0.25) is 0 Å². The molecule has 2 aromatic heterocycles. The highest BCUT2D eigenvalue weighted by molar-refractivity contribution is 5.79. The summed E-state index contributed by atoms with van der Waals surface area (Å²) in [5.74, 6) is 1.06. The SMILES string of the molecule is COCCCN1CCC(c2nnc(-n3ncc4ccccc43)o2)CC1. The Morgan fingerprint density at radius 2 is 2.04 bits per heavy atom. The summed E-state index contributed by atoms with van der Waals surface area (Å²) >= 11 is 0. The molecule has 3 aromatic rings. The summed E-state index contributed by atoms with van der Waals surface area (Å²) in [5.41, 5.74) is 0.977. The molecule has 0 atom stereocenters. The van der Waals surface area contributed by atoms with E-state index in [1.165, 1.54) is 0 Å². The minimum absolute atomic E-state index is 0.335. The molecule has 1 aliphatic rings. The maximum absolute atomic E-state index is 5.95. The lowest BCUT2D eigenvalue weighted by molar-refractivity contribution is 0.153. The zero-order chi connectivity index (χ0) is 17.1. The zero-order valence-electron chi connectivity index (χ0n) is 14.5. The van der Waals surface area contributed by atoms with Crippen molar-refractivity contribution < 1.29 is 9.15 Å². The Morgan fingerprint density at radius 3 is 2.88 bits per heavy atom. The van der Waals surface area contributed by atoms with Gasteiger partial charge in [0.25, 0.3) is 0 Å². The van der Waals surface area contributed by atoms with Gasteiger partial charge in [-0.3, -0.25) is 0 Å². The molecule has 132 valence electrons. The number of hydrogen-bond acceptors (Lipinski definition) is 6. The van der Waals surface area contributed by atoms with Gasteiger partial charge in [-0.1, -0.05) is 23.3 Å². The second kappa shape index (κ2) is 7.33. The van der Waals surface area contributed by atoms with Crippen LogP contribution in [0.4, 0.5) is 0 Å². The molecule has 0 amide bonds. The minimum atomic E-state index is 0.335. The summed E-state index contributed by atoms with van der Waals surface area (Å²) in [5, 5.41) is 13.9. The van der Waals surface area contributed by atoms with Gasteiger partial charge in [-0.2, -0.15) is 9.78 Å². The van der Waals surface area contributed by atoms with Crippen molar-refractivity contribution in [2.75, 3.05) is 33.4 Å². The third kappa shape index (κ3) is 3.43. The topological polar surface area (TPSA) is 69.2 Å². The number of rotatable bonds is 6. The van der Waals surface area contributed by atoms with Crippen LogP contribution in [0.3, 0.4) is 0 Å². The van der Waals surface area contributed by atoms with Crippen LogP contribution in [-0.2, 0) is 4.74 Å². The van der Waals surface area contributed by atoms with Crippen LogP contribution in [0.25, 0.3) is 16.9 Å². The van der Waals surface area contributed by atoms with Crippen molar-refractivity contribution in [2.24, 2.45) is 0 Å². The van der Waals surface area contributed by atoms with Gasteiger partial charge in [0, 0.05) is 31.6 Å². The van der Waals surface area contributed by atoms with Crippen LogP contribution in [0.5, 0.6) is 0 Å². The molecule has 1 saturated heterocycles. The smallest absolute Gasteiger partial charge is 0.344 e. The molecule has 1 aliphatic heterocycles. The summed E-state index contributed by atoms with van der Waals surface area (Å²) in [4.78, 5) is 2.48. The van der Waals surface area contributed by atoms with Gasteiger partial charge in [0.05, 0.1) is 11.7 Å². The molecule has 25 heavy (non-hydrogen) atoms. The van der Waals surface area contributed by atoms with Gasteiger partial charge in [-0.25, -0.2) is 0 Å². The van der Waals surface area contributed by atoms with Gasteiger partial charge < -0.3 is 14.1 Å². The Labute approximate surface area is 146 Å². The number of hydrogen-bond donors (Lipinski definition) is 0. The Hall–Kier alpha value is -2.25. The third-order valence-electron chi connectivity index (χ3n) is 4.85. The van der Waals surface area contributed by atoms with Crippen molar-refractivity contribution >= 4 is 10.9 Å². The molecule has 4 rings (SSSR count). The van der Waals surface area contributed by atoms with Crippen molar-refractivity contribution in [3.63, 3.8) is 0 Å². The maximum atomic E-state index is 5.95. The lowest BCUT2D eigenvalue weighted by Gasteiger charge is -2.30. The summed E-state index contributed by atoms with van der Waals surface area (Å²) in [6.45, 7) is 4.05. The van der Waals surface area contributed by atoms with Crippen molar-refractivity contribution in [1.29, 1.82) is 0 Å². The average molecular weight is 341 g/mol. The van der Waals surface area contributed by atoms with Crippen LogP contribution in [-0.4, -0.2) is 58.2 Å². The van der Waals surface area contributed by atoms with E-state index in [-0.39, 0.29) is 0 Å². The molecule has 3 heterocycles. The normalized spacial score (nSPS) is 16.7. The van der Waals surface area contributed by atoms with Crippen molar-refractivity contribution in [2.45, 2.75) is 25.2 Å². The molecule has 0 unspecified atom stereocenters. The number of nitrogens with zero attached hydrogens (tertiary/aromatic N) is 5. The van der Waals surface area contributed by atoms with Gasteiger partial charge in [0.15, 0.2) is 0 Å². The van der Waals surface area contributed by atoms with E-state index in [1.54, 1.807) is 11.8 Å². The molecule has 0 N–H and O–H groups in total. The van der Waals surface area contributed by atoms with Crippen molar-refractivity contribution in [1.82, 2.24) is 24.9 Å². The van der Waals surface area contributed by atoms with Crippen LogP contribution < -0.4 is 0 Å². The molecular formula is C18H23N5O2. The summed E-state index contributed by atoms with van der Waals surface area (Å²) in [6.07, 6.45) is 5.00. The first-order chi connectivity index (χ1) is 12.3. The van der Waals surface area contributed by atoms with Crippen LogP contribution >= 0.6 is 0 Å². The number of piperidine rings is 1. The highest BCUT2D eigenvalue weighted by atomic mass is 16.5. The number of methoxy groups -OCH3 is 1. The van der Waals surface area contributed by atoms with E-state index in [9.17, 15) is 0 Å². The average Bonchev–Trinajstić information content (AvgIpc) is 3.29. The lowest BCUT2D eigenvalue weighted by Crippen LogP contribution is -2.34. The van der Waals surface area contributed by atoms with E-state index in [0.29, 0.717) is 11.9 Å². The summed E-state index contributed by atoms with van der Waals surface area (Å²) in [7, 11) is 1.75. The Balaban J connectivity index is 1.42. The fourth-order valence-electron chi connectivity index (χ4n) is 3.44. The van der Waals surface area contributed by atoms with Gasteiger partial charge in [-0.15, -0.1) is 5.10 Å². The summed E-state index contributed by atoms with van der Waals surface area (Å²) < 4.78 is 12.8. The fourth-order valence-corrected chi connectivity index (χ4v) is 3.44. The first-order valence-electron chi connectivity index (χ1n) is 8.83. The predicted molar refractivity (Wildman–Crippen MR) is 93.8 cm³/mol. The Kier molecular flexibility index (Phi) is 4.76. The van der Waals surface area contributed by atoms with Gasteiger partial charge in [-0.05, 0) is 38.4 Å². The van der Waals surface area contributed by atoms with E-state index in [1.807, 2.05) is 30.5 Å². The van der Waals surface area contributed by atoms with Crippen molar-refractivity contribution in [3.8, 4) is 6.01 Å². The molecule has 0 bridgehead atoms. The number of ether oxygens (including phenoxy) is 1. The number of aromatic nitrogens is 4. The molecule has 0 aliphatic carbocycles. The largest absolute Gasteiger partial charge is 0.406 e. The van der Waals surface area contributed by atoms with E-state index in [4.69, 9.17) is 9.15 Å². The highest BCUT2D eigenvalue weighted by Gasteiger charge is 2.25. The molecule has 7 nitrogen and oxygen atoms in total. The molecule has 1 fully saturated rings. The van der Waals surface area contributed by atoms with Gasteiger partial charge in [0.2, 0.25) is 5.89 Å². The summed E-state index contributed by atoms with van der Waals surface area (Å²) in [6, 6.07) is 8.45. The number of likely N-dealkylation sites (tertiary alicyclic amines) is 1. The Bertz CT molecular complexity index is 820. The van der Waals surface area contributed by atoms with E-state index >= 15 is 0 Å². The second-order valence-electron chi connectivity index (χ2n) is 6.50. The Morgan fingerprint density at radius 1 is 1.20 bits per heavy atom. The maximum Gasteiger partial charge on any atom is 0.344 e. The van der Waals surface area contributed by atoms with Gasteiger partial charge in [0.1, 0.15) is 0 Å². The predicted octanol–water partition coefficient (Wildman–Crippen LogP) is 2.62. The standard InChI is InChI=1S/C18H23N5O2/c1-24-12-4-9-22-10-7-14(8-11-22)17-20-21-18(25-17)23-16-6-3-2-5-15(16)13-19-23/h2-3,5-6,13-14H,4,7-12H2,1H3. The number of benzene rings is 1. The number of fused-ring (bicyclic) bond motifs is 1. The highest BCUT2D eigenvalue weighted by Crippen LogP contribution is 2.28. The number of para-hydroxylation sites is 1. The lowest BCUT2D eigenvalue weighted by atomic mass is 9.97. The van der Waals surface area contributed by atoms with E-state index in [0.717, 1.165) is 62.3 Å².